The maximum absolute atomic E-state index is 13.1. The van der Waals surface area contributed by atoms with E-state index in [-0.39, 0.29) is 49.1 Å². The molecule has 1 aromatic carbocycles. The minimum atomic E-state index is -4.51. The first-order valence-electron chi connectivity index (χ1n) is 7.65. The maximum atomic E-state index is 13.1. The van der Waals surface area contributed by atoms with Crippen molar-refractivity contribution in [2.45, 2.75) is 44.6 Å². The predicted octanol–water partition coefficient (Wildman–Crippen LogP) is 3.39. The van der Waals surface area contributed by atoms with Gasteiger partial charge in [0.15, 0.2) is 5.75 Å². The largest absolute Gasteiger partial charge is 0.489 e. The SMILES string of the molecule is CC1CCC(CC(=O)N2CCOc3c2cccc3C(F)(F)F)O1. The zero-order valence-corrected chi connectivity index (χ0v) is 12.7. The molecule has 3 rings (SSSR count). The number of fused-ring (bicyclic) bond motifs is 1. The highest BCUT2D eigenvalue weighted by atomic mass is 19.4. The van der Waals surface area contributed by atoms with E-state index < -0.39 is 11.7 Å². The topological polar surface area (TPSA) is 38.8 Å². The van der Waals surface area contributed by atoms with E-state index in [4.69, 9.17) is 9.47 Å². The number of hydrogen-bond acceptors (Lipinski definition) is 3. The molecule has 1 amide bonds. The van der Waals surface area contributed by atoms with Crippen molar-refractivity contribution in [1.29, 1.82) is 0 Å². The monoisotopic (exact) mass is 329 g/mol. The molecule has 0 N–H and O–H groups in total. The van der Waals surface area contributed by atoms with Crippen LogP contribution in [-0.4, -0.2) is 31.3 Å². The Labute approximate surface area is 132 Å². The highest BCUT2D eigenvalue weighted by molar-refractivity contribution is 5.96. The minimum Gasteiger partial charge on any atom is -0.489 e. The van der Waals surface area contributed by atoms with E-state index in [1.807, 2.05) is 6.92 Å². The van der Waals surface area contributed by atoms with Crippen LogP contribution in [-0.2, 0) is 15.7 Å². The van der Waals surface area contributed by atoms with E-state index in [0.29, 0.717) is 0 Å². The molecule has 2 heterocycles. The molecule has 4 nitrogen and oxygen atoms in total. The Morgan fingerprint density at radius 2 is 2.13 bits per heavy atom. The molecule has 126 valence electrons. The molecule has 2 aliphatic rings. The van der Waals surface area contributed by atoms with Crippen LogP contribution >= 0.6 is 0 Å². The number of anilines is 1. The third-order valence-electron chi connectivity index (χ3n) is 4.18. The van der Waals surface area contributed by atoms with Crippen LogP contribution in [0.25, 0.3) is 0 Å². The number of halogens is 3. The van der Waals surface area contributed by atoms with Gasteiger partial charge in [-0.05, 0) is 31.9 Å². The summed E-state index contributed by atoms with van der Waals surface area (Å²) in [6.45, 7) is 2.24. The lowest BCUT2D eigenvalue weighted by atomic mass is 10.1. The van der Waals surface area contributed by atoms with Gasteiger partial charge in [0, 0.05) is 0 Å². The number of nitrogens with zero attached hydrogens (tertiary/aromatic N) is 1. The summed E-state index contributed by atoms with van der Waals surface area (Å²) in [5.74, 6) is -0.492. The Morgan fingerprint density at radius 1 is 1.35 bits per heavy atom. The number of carbonyl (C=O) groups excluding carboxylic acids is 1. The number of carbonyl (C=O) groups is 1. The number of rotatable bonds is 2. The van der Waals surface area contributed by atoms with E-state index in [9.17, 15) is 18.0 Å². The van der Waals surface area contributed by atoms with Gasteiger partial charge < -0.3 is 14.4 Å². The summed E-state index contributed by atoms with van der Waals surface area (Å²) < 4.78 is 50.0. The van der Waals surface area contributed by atoms with Crippen LogP contribution < -0.4 is 9.64 Å². The van der Waals surface area contributed by atoms with Gasteiger partial charge in [-0.25, -0.2) is 0 Å². The highest BCUT2D eigenvalue weighted by Crippen LogP contribution is 2.43. The Kier molecular flexibility index (Phi) is 4.23. The van der Waals surface area contributed by atoms with E-state index in [1.54, 1.807) is 0 Å². The van der Waals surface area contributed by atoms with Gasteiger partial charge >= 0.3 is 6.18 Å². The Balaban J connectivity index is 1.83. The Morgan fingerprint density at radius 3 is 2.78 bits per heavy atom. The lowest BCUT2D eigenvalue weighted by Gasteiger charge is -2.31. The van der Waals surface area contributed by atoms with Crippen molar-refractivity contribution in [3.05, 3.63) is 23.8 Å². The average Bonchev–Trinajstić information content (AvgIpc) is 2.90. The molecule has 0 saturated carbocycles. The molecule has 0 radical (unpaired) electrons. The molecule has 1 saturated heterocycles. The van der Waals surface area contributed by atoms with Gasteiger partial charge in [-0.1, -0.05) is 6.07 Å². The van der Waals surface area contributed by atoms with E-state index in [2.05, 4.69) is 0 Å². The minimum absolute atomic E-state index is 0.0494. The van der Waals surface area contributed by atoms with Crippen LogP contribution in [0, 0.1) is 0 Å². The van der Waals surface area contributed by atoms with Gasteiger partial charge in [0.25, 0.3) is 0 Å². The fraction of sp³-hybridized carbons (Fsp3) is 0.562. The fourth-order valence-electron chi connectivity index (χ4n) is 3.07. The molecule has 7 heteroatoms. The quantitative estimate of drug-likeness (QED) is 0.835. The van der Waals surface area contributed by atoms with E-state index >= 15 is 0 Å². The van der Waals surface area contributed by atoms with Gasteiger partial charge in [0.05, 0.1) is 36.4 Å². The van der Waals surface area contributed by atoms with Crippen LogP contribution in [0.1, 0.15) is 31.7 Å². The third-order valence-corrected chi connectivity index (χ3v) is 4.18. The average molecular weight is 329 g/mol. The van der Waals surface area contributed by atoms with Crippen molar-refractivity contribution in [2.24, 2.45) is 0 Å². The number of benzene rings is 1. The van der Waals surface area contributed by atoms with Crippen LogP contribution in [0.2, 0.25) is 0 Å². The van der Waals surface area contributed by atoms with Crippen molar-refractivity contribution >= 4 is 11.6 Å². The lowest BCUT2D eigenvalue weighted by Crippen LogP contribution is -2.40. The molecule has 0 aromatic heterocycles. The Bertz CT molecular complexity index is 603. The normalized spacial score (nSPS) is 24.3. The first-order chi connectivity index (χ1) is 10.9. The second-order valence-electron chi connectivity index (χ2n) is 5.90. The van der Waals surface area contributed by atoms with Crippen LogP contribution in [0.4, 0.5) is 18.9 Å². The van der Waals surface area contributed by atoms with Crippen molar-refractivity contribution in [3.63, 3.8) is 0 Å². The van der Waals surface area contributed by atoms with Crippen LogP contribution in [0.3, 0.4) is 0 Å². The number of amides is 1. The van der Waals surface area contributed by atoms with Crippen LogP contribution in [0.5, 0.6) is 5.75 Å². The summed E-state index contributed by atoms with van der Waals surface area (Å²) in [6, 6.07) is 3.75. The highest BCUT2D eigenvalue weighted by Gasteiger charge is 2.38. The molecule has 0 aliphatic carbocycles. The van der Waals surface area contributed by atoms with E-state index in [0.717, 1.165) is 18.9 Å². The molecular formula is C16H18F3NO3. The summed E-state index contributed by atoms with van der Waals surface area (Å²) in [5.41, 5.74) is -0.666. The summed E-state index contributed by atoms with van der Waals surface area (Å²) in [6.07, 6.45) is -2.67. The Hall–Kier alpha value is -1.76. The first kappa shape index (κ1) is 16.1. The molecule has 2 aliphatic heterocycles. The smallest absolute Gasteiger partial charge is 0.420 e. The van der Waals surface area contributed by atoms with Gasteiger partial charge in [-0.2, -0.15) is 13.2 Å². The zero-order valence-electron chi connectivity index (χ0n) is 12.7. The molecular weight excluding hydrogens is 311 g/mol. The van der Waals surface area contributed by atoms with Crippen LogP contribution in [0.15, 0.2) is 18.2 Å². The number of alkyl halides is 3. The summed E-state index contributed by atoms with van der Waals surface area (Å²) >= 11 is 0. The second kappa shape index (κ2) is 6.03. The molecule has 2 unspecified atom stereocenters. The summed E-state index contributed by atoms with van der Waals surface area (Å²) in [7, 11) is 0. The van der Waals surface area contributed by atoms with Gasteiger partial charge in [-0.15, -0.1) is 0 Å². The van der Waals surface area contributed by atoms with Crippen molar-refractivity contribution < 1.29 is 27.4 Å². The summed E-state index contributed by atoms with van der Waals surface area (Å²) in [5, 5.41) is 0. The zero-order chi connectivity index (χ0) is 16.6. The molecule has 0 spiro atoms. The van der Waals surface area contributed by atoms with Gasteiger partial charge in [0.2, 0.25) is 5.91 Å². The number of ether oxygens (including phenoxy) is 2. The molecule has 1 aromatic rings. The molecule has 23 heavy (non-hydrogen) atoms. The summed E-state index contributed by atoms with van der Waals surface area (Å²) in [4.78, 5) is 13.9. The number of hydrogen-bond donors (Lipinski definition) is 0. The standard InChI is InChI=1S/C16H18F3NO3/c1-10-5-6-11(23-10)9-14(21)20-7-8-22-15-12(16(17,18)19)3-2-4-13(15)20/h2-4,10-11H,5-9H2,1H3. The third kappa shape index (κ3) is 3.29. The van der Waals surface area contributed by atoms with Crippen molar-refractivity contribution in [2.75, 3.05) is 18.1 Å². The number of para-hydroxylation sites is 1. The molecule has 1 fully saturated rings. The maximum Gasteiger partial charge on any atom is 0.420 e. The van der Waals surface area contributed by atoms with Gasteiger partial charge in [-0.3, -0.25) is 4.79 Å². The van der Waals surface area contributed by atoms with Crippen molar-refractivity contribution in [1.82, 2.24) is 0 Å². The predicted molar refractivity (Wildman–Crippen MR) is 77.5 cm³/mol. The fourth-order valence-corrected chi connectivity index (χ4v) is 3.07. The van der Waals surface area contributed by atoms with Crippen molar-refractivity contribution in [3.8, 4) is 5.75 Å². The first-order valence-corrected chi connectivity index (χ1v) is 7.65. The molecule has 2 atom stereocenters. The second-order valence-corrected chi connectivity index (χ2v) is 5.90. The molecule has 0 bridgehead atoms. The van der Waals surface area contributed by atoms with Gasteiger partial charge in [0.1, 0.15) is 6.61 Å². The lowest BCUT2D eigenvalue weighted by molar-refractivity contribution is -0.139. The van der Waals surface area contributed by atoms with E-state index in [1.165, 1.54) is 17.0 Å².